The molecule has 2 rings (SSSR count). The highest BCUT2D eigenvalue weighted by molar-refractivity contribution is 5.48. The maximum atomic E-state index is 4.35. The molecule has 0 unspecified atom stereocenters. The van der Waals surface area contributed by atoms with E-state index in [1.807, 2.05) is 10.9 Å². The predicted octanol–water partition coefficient (Wildman–Crippen LogP) is 3.11. The number of hydrogen-bond donors (Lipinski definition) is 0. The fourth-order valence-corrected chi connectivity index (χ4v) is 2.07. The lowest BCUT2D eigenvalue weighted by molar-refractivity contribution is 0.863. The first-order valence-corrected chi connectivity index (χ1v) is 5.17. The molecule has 0 saturated carbocycles. The van der Waals surface area contributed by atoms with Crippen molar-refractivity contribution >= 4 is 0 Å². The van der Waals surface area contributed by atoms with Crippen molar-refractivity contribution in [3.8, 4) is 5.69 Å². The molecular formula is C13H16N2. The molecule has 2 nitrogen and oxygen atoms in total. The highest BCUT2D eigenvalue weighted by atomic mass is 15.3. The van der Waals surface area contributed by atoms with Gasteiger partial charge in [-0.2, -0.15) is 5.10 Å². The summed E-state index contributed by atoms with van der Waals surface area (Å²) in [5.74, 6) is 0. The van der Waals surface area contributed by atoms with Crippen LogP contribution in [0.4, 0.5) is 0 Å². The Hall–Kier alpha value is -1.57. The standard InChI is InChI=1S/C13H16N2/c1-9-5-11(3)13(12(4)6-9)15-8-10(2)7-14-15/h5-8H,1-4H3. The molecule has 0 aliphatic rings. The Morgan fingerprint density at radius 3 is 2.00 bits per heavy atom. The molecule has 2 aromatic rings. The number of hydrogen-bond acceptors (Lipinski definition) is 1. The fourth-order valence-electron chi connectivity index (χ4n) is 2.07. The van der Waals surface area contributed by atoms with E-state index in [4.69, 9.17) is 0 Å². The molecule has 78 valence electrons. The highest BCUT2D eigenvalue weighted by Crippen LogP contribution is 2.20. The van der Waals surface area contributed by atoms with E-state index in [0.717, 1.165) is 0 Å². The van der Waals surface area contributed by atoms with Crippen molar-refractivity contribution in [2.45, 2.75) is 27.7 Å². The average molecular weight is 200 g/mol. The van der Waals surface area contributed by atoms with E-state index in [0.29, 0.717) is 0 Å². The van der Waals surface area contributed by atoms with Gasteiger partial charge in [0.1, 0.15) is 0 Å². The molecule has 0 aliphatic heterocycles. The number of aromatic nitrogens is 2. The average Bonchev–Trinajstić information content (AvgIpc) is 2.49. The molecule has 0 aliphatic carbocycles. The number of benzene rings is 1. The molecule has 15 heavy (non-hydrogen) atoms. The van der Waals surface area contributed by atoms with Crippen LogP contribution in [-0.4, -0.2) is 9.78 Å². The second-order valence-electron chi connectivity index (χ2n) is 4.21. The Bertz CT molecular complexity index is 472. The summed E-state index contributed by atoms with van der Waals surface area (Å²) in [5.41, 5.74) is 6.24. The summed E-state index contributed by atoms with van der Waals surface area (Å²) in [6.07, 6.45) is 3.95. The van der Waals surface area contributed by atoms with Crippen molar-refractivity contribution in [1.82, 2.24) is 9.78 Å². The van der Waals surface area contributed by atoms with Gasteiger partial charge in [0.15, 0.2) is 0 Å². The van der Waals surface area contributed by atoms with E-state index in [9.17, 15) is 0 Å². The third kappa shape index (κ3) is 1.80. The summed E-state index contributed by atoms with van der Waals surface area (Å²) >= 11 is 0. The monoisotopic (exact) mass is 200 g/mol. The minimum absolute atomic E-state index is 1.19. The number of nitrogens with zero attached hydrogens (tertiary/aromatic N) is 2. The van der Waals surface area contributed by atoms with Gasteiger partial charge in [0.25, 0.3) is 0 Å². The lowest BCUT2D eigenvalue weighted by Gasteiger charge is -2.10. The maximum Gasteiger partial charge on any atom is 0.0704 e. The molecule has 0 spiro atoms. The summed E-state index contributed by atoms with van der Waals surface area (Å²) in [4.78, 5) is 0. The van der Waals surface area contributed by atoms with Crippen molar-refractivity contribution in [3.05, 3.63) is 46.8 Å². The van der Waals surface area contributed by atoms with Gasteiger partial charge in [0.2, 0.25) is 0 Å². The first kappa shape index (κ1) is 9.97. The fraction of sp³-hybridized carbons (Fsp3) is 0.308. The topological polar surface area (TPSA) is 17.8 Å². The highest BCUT2D eigenvalue weighted by Gasteiger charge is 2.06. The summed E-state index contributed by atoms with van der Waals surface area (Å²) < 4.78 is 1.96. The zero-order valence-corrected chi connectivity index (χ0v) is 9.70. The minimum Gasteiger partial charge on any atom is -0.240 e. The summed E-state index contributed by atoms with van der Waals surface area (Å²) in [7, 11) is 0. The Balaban J connectivity index is 2.62. The third-order valence-electron chi connectivity index (χ3n) is 2.58. The molecule has 1 aromatic carbocycles. The van der Waals surface area contributed by atoms with Gasteiger partial charge < -0.3 is 0 Å². The van der Waals surface area contributed by atoms with Crippen LogP contribution in [0.15, 0.2) is 24.5 Å². The van der Waals surface area contributed by atoms with Gasteiger partial charge in [-0.05, 0) is 44.4 Å². The number of rotatable bonds is 1. The van der Waals surface area contributed by atoms with E-state index in [2.05, 4.69) is 51.1 Å². The van der Waals surface area contributed by atoms with Gasteiger partial charge in [-0.1, -0.05) is 17.7 Å². The van der Waals surface area contributed by atoms with Gasteiger partial charge in [-0.3, -0.25) is 0 Å². The molecule has 0 amide bonds. The van der Waals surface area contributed by atoms with Crippen molar-refractivity contribution in [1.29, 1.82) is 0 Å². The van der Waals surface area contributed by atoms with Crippen molar-refractivity contribution in [2.24, 2.45) is 0 Å². The Kier molecular flexibility index (Phi) is 2.35. The number of aryl methyl sites for hydroxylation is 4. The third-order valence-corrected chi connectivity index (χ3v) is 2.58. The van der Waals surface area contributed by atoms with Gasteiger partial charge in [0, 0.05) is 6.20 Å². The molecule has 2 heteroatoms. The second-order valence-corrected chi connectivity index (χ2v) is 4.21. The maximum absolute atomic E-state index is 4.35. The van der Waals surface area contributed by atoms with E-state index >= 15 is 0 Å². The predicted molar refractivity (Wildman–Crippen MR) is 62.5 cm³/mol. The SMILES string of the molecule is Cc1cc(C)c(-n2cc(C)cn2)c(C)c1. The van der Waals surface area contributed by atoms with Crippen molar-refractivity contribution < 1.29 is 0 Å². The molecule has 0 saturated heterocycles. The largest absolute Gasteiger partial charge is 0.240 e. The van der Waals surface area contributed by atoms with Crippen LogP contribution in [-0.2, 0) is 0 Å². The molecule has 0 radical (unpaired) electrons. The summed E-state index contributed by atoms with van der Waals surface area (Å²) in [6.45, 7) is 8.44. The Labute approximate surface area is 90.6 Å². The van der Waals surface area contributed by atoms with Crippen LogP contribution in [0, 0.1) is 27.7 Å². The lowest BCUT2D eigenvalue weighted by Crippen LogP contribution is -2.01. The Morgan fingerprint density at radius 2 is 1.53 bits per heavy atom. The van der Waals surface area contributed by atoms with Crippen LogP contribution < -0.4 is 0 Å². The molecular weight excluding hydrogens is 184 g/mol. The molecule has 0 atom stereocenters. The first-order chi connectivity index (χ1) is 7.08. The summed E-state index contributed by atoms with van der Waals surface area (Å²) in [5, 5.41) is 4.35. The van der Waals surface area contributed by atoms with Crippen molar-refractivity contribution in [2.75, 3.05) is 0 Å². The van der Waals surface area contributed by atoms with Crippen LogP contribution in [0.1, 0.15) is 22.3 Å². The van der Waals surface area contributed by atoms with Gasteiger partial charge >= 0.3 is 0 Å². The first-order valence-electron chi connectivity index (χ1n) is 5.17. The van der Waals surface area contributed by atoms with Crippen LogP contribution in [0.2, 0.25) is 0 Å². The van der Waals surface area contributed by atoms with E-state index < -0.39 is 0 Å². The zero-order valence-electron chi connectivity index (χ0n) is 9.70. The van der Waals surface area contributed by atoms with Crippen LogP contribution in [0.5, 0.6) is 0 Å². The van der Waals surface area contributed by atoms with Gasteiger partial charge in [0.05, 0.1) is 11.9 Å². The minimum atomic E-state index is 1.19. The van der Waals surface area contributed by atoms with Gasteiger partial charge in [-0.25, -0.2) is 4.68 Å². The second kappa shape index (κ2) is 3.54. The zero-order chi connectivity index (χ0) is 11.0. The molecule has 1 heterocycles. The van der Waals surface area contributed by atoms with Crippen LogP contribution in [0.3, 0.4) is 0 Å². The molecule has 0 N–H and O–H groups in total. The van der Waals surface area contributed by atoms with Crippen molar-refractivity contribution in [3.63, 3.8) is 0 Å². The molecule has 1 aromatic heterocycles. The lowest BCUT2D eigenvalue weighted by atomic mass is 10.1. The Morgan fingerprint density at radius 1 is 0.933 bits per heavy atom. The van der Waals surface area contributed by atoms with Gasteiger partial charge in [-0.15, -0.1) is 0 Å². The van der Waals surface area contributed by atoms with E-state index in [1.54, 1.807) is 0 Å². The molecule has 0 bridgehead atoms. The smallest absolute Gasteiger partial charge is 0.0704 e. The van der Waals surface area contributed by atoms with E-state index in [-0.39, 0.29) is 0 Å². The van der Waals surface area contributed by atoms with Crippen LogP contribution in [0.25, 0.3) is 5.69 Å². The van der Waals surface area contributed by atoms with Crippen LogP contribution >= 0.6 is 0 Å². The quantitative estimate of drug-likeness (QED) is 0.691. The normalized spacial score (nSPS) is 10.7. The molecule has 0 fully saturated rings. The summed E-state index contributed by atoms with van der Waals surface area (Å²) in [6, 6.07) is 4.39. The van der Waals surface area contributed by atoms with E-state index in [1.165, 1.54) is 27.9 Å².